The van der Waals surface area contributed by atoms with Gasteiger partial charge >= 0.3 is 5.69 Å². The summed E-state index contributed by atoms with van der Waals surface area (Å²) in [6.45, 7) is 0. The van der Waals surface area contributed by atoms with E-state index in [1.54, 1.807) is 0 Å². The molecule has 0 aliphatic carbocycles. The molecule has 0 radical (unpaired) electrons. The van der Waals surface area contributed by atoms with Gasteiger partial charge in [-0.25, -0.2) is 9.18 Å². The van der Waals surface area contributed by atoms with Crippen LogP contribution in [-0.2, 0) is 0 Å². The van der Waals surface area contributed by atoms with Crippen molar-refractivity contribution in [3.63, 3.8) is 0 Å². The molecule has 3 rings (SSSR count). The van der Waals surface area contributed by atoms with Crippen molar-refractivity contribution < 1.29 is 14.4 Å². The summed E-state index contributed by atoms with van der Waals surface area (Å²) in [7, 11) is 0. The van der Waals surface area contributed by atoms with Crippen molar-refractivity contribution in [3.8, 4) is 0 Å². The van der Waals surface area contributed by atoms with Gasteiger partial charge in [0.1, 0.15) is 5.82 Å². The summed E-state index contributed by atoms with van der Waals surface area (Å²) in [6, 6.07) is 9.19. The molecule has 0 unspecified atom stereocenters. The molecule has 0 fully saturated rings. The van der Waals surface area contributed by atoms with E-state index in [4.69, 9.17) is 0 Å². The molecule has 116 valence electrons. The predicted octanol–water partition coefficient (Wildman–Crippen LogP) is 1.32. The van der Waals surface area contributed by atoms with Crippen molar-refractivity contribution in [3.05, 3.63) is 74.7 Å². The molecule has 0 aliphatic rings. The lowest BCUT2D eigenvalue weighted by Gasteiger charge is -2.07. The third kappa shape index (κ3) is 2.69. The fraction of sp³-hybridized carbons (Fsp3) is 0. The molecule has 23 heavy (non-hydrogen) atoms. The average Bonchev–Trinajstić information content (AvgIpc) is 2.53. The number of carbonyl (C=O) groups excluding carboxylic acids is 1. The molecule has 1 heterocycles. The molecule has 0 spiro atoms. The lowest BCUT2D eigenvalue weighted by molar-refractivity contribution is 0.102. The lowest BCUT2D eigenvalue weighted by atomic mass is 10.2. The number of nitrogens with zero attached hydrogens (tertiary/aromatic N) is 1. The highest BCUT2D eigenvalue weighted by Gasteiger charge is 2.09. The topological polar surface area (TPSA) is 104 Å². The Bertz CT molecular complexity index is 1020. The molecule has 7 nitrogen and oxygen atoms in total. The number of nitrogens with one attached hydrogen (secondary N) is 2. The van der Waals surface area contributed by atoms with Gasteiger partial charge in [-0.05, 0) is 42.5 Å². The van der Waals surface area contributed by atoms with Gasteiger partial charge in [-0.1, -0.05) is 4.73 Å². The van der Waals surface area contributed by atoms with E-state index in [2.05, 4.69) is 10.3 Å². The minimum Gasteiger partial charge on any atom is -0.421 e. The van der Waals surface area contributed by atoms with Crippen molar-refractivity contribution in [1.82, 2.24) is 9.71 Å². The molecule has 8 heteroatoms. The number of H-pyrrole nitrogens is 1. The zero-order valence-electron chi connectivity index (χ0n) is 11.5. The molecule has 0 atom stereocenters. The van der Waals surface area contributed by atoms with Gasteiger partial charge in [-0.3, -0.25) is 9.59 Å². The monoisotopic (exact) mass is 315 g/mol. The molecule has 0 saturated heterocycles. The van der Waals surface area contributed by atoms with Crippen LogP contribution in [0.5, 0.6) is 0 Å². The first-order chi connectivity index (χ1) is 11.0. The van der Waals surface area contributed by atoms with Gasteiger partial charge in [0.05, 0.1) is 10.9 Å². The largest absolute Gasteiger partial charge is 0.421 e. The Labute approximate surface area is 127 Å². The van der Waals surface area contributed by atoms with Gasteiger partial charge in [0, 0.05) is 11.3 Å². The quantitative estimate of drug-likeness (QED) is 0.620. The van der Waals surface area contributed by atoms with Gasteiger partial charge in [-0.2, -0.15) is 0 Å². The number of aromatic nitrogens is 2. The fourth-order valence-corrected chi connectivity index (χ4v) is 2.09. The van der Waals surface area contributed by atoms with Crippen LogP contribution in [0, 0.1) is 5.82 Å². The predicted molar refractivity (Wildman–Crippen MR) is 80.4 cm³/mol. The van der Waals surface area contributed by atoms with Crippen LogP contribution < -0.4 is 16.6 Å². The molecule has 1 aromatic heterocycles. The maximum absolute atomic E-state index is 12.8. The smallest absolute Gasteiger partial charge is 0.362 e. The molecule has 1 amide bonds. The van der Waals surface area contributed by atoms with E-state index in [9.17, 15) is 24.0 Å². The van der Waals surface area contributed by atoms with Crippen molar-refractivity contribution >= 4 is 22.5 Å². The van der Waals surface area contributed by atoms with Crippen molar-refractivity contribution in [2.24, 2.45) is 0 Å². The van der Waals surface area contributed by atoms with Crippen molar-refractivity contribution in [2.75, 3.05) is 5.32 Å². The SMILES string of the molecule is O=C(Nc1ccc2c(=O)n(O)c(=O)[nH]c2c1)c1ccc(F)cc1. The maximum atomic E-state index is 12.8. The number of halogens is 1. The van der Waals surface area contributed by atoms with Gasteiger partial charge in [-0.15, -0.1) is 0 Å². The minimum atomic E-state index is -0.982. The van der Waals surface area contributed by atoms with Crippen LogP contribution in [-0.4, -0.2) is 20.8 Å². The Balaban J connectivity index is 1.96. The Morgan fingerprint density at radius 2 is 1.83 bits per heavy atom. The minimum absolute atomic E-state index is 0.0287. The summed E-state index contributed by atoms with van der Waals surface area (Å²) in [6.07, 6.45) is 0. The molecule has 0 saturated carbocycles. The van der Waals surface area contributed by atoms with Crippen LogP contribution in [0.15, 0.2) is 52.1 Å². The maximum Gasteiger partial charge on any atom is 0.362 e. The zero-order valence-corrected chi connectivity index (χ0v) is 11.5. The lowest BCUT2D eigenvalue weighted by Crippen LogP contribution is -2.33. The van der Waals surface area contributed by atoms with Crippen LogP contribution in [0.3, 0.4) is 0 Å². The second-order valence-corrected chi connectivity index (χ2v) is 4.77. The van der Waals surface area contributed by atoms with Crippen molar-refractivity contribution in [2.45, 2.75) is 0 Å². The molecular formula is C15H10FN3O4. The zero-order chi connectivity index (χ0) is 16.6. The van der Waals surface area contributed by atoms with Gasteiger partial charge in [0.25, 0.3) is 11.5 Å². The normalized spacial score (nSPS) is 10.7. The van der Waals surface area contributed by atoms with Crippen molar-refractivity contribution in [1.29, 1.82) is 0 Å². The first-order valence-electron chi connectivity index (χ1n) is 6.51. The van der Waals surface area contributed by atoms with E-state index >= 15 is 0 Å². The Hall–Kier alpha value is -3.42. The number of fused-ring (bicyclic) bond motifs is 1. The number of hydrogen-bond donors (Lipinski definition) is 3. The molecule has 3 N–H and O–H groups in total. The summed E-state index contributed by atoms with van der Waals surface area (Å²) in [4.78, 5) is 37.4. The third-order valence-electron chi connectivity index (χ3n) is 3.24. The van der Waals surface area contributed by atoms with Crippen LogP contribution in [0.25, 0.3) is 10.9 Å². The van der Waals surface area contributed by atoms with E-state index in [1.807, 2.05) is 0 Å². The summed E-state index contributed by atoms with van der Waals surface area (Å²) in [5, 5.41) is 11.9. The first kappa shape index (κ1) is 14.5. The van der Waals surface area contributed by atoms with Crippen LogP contribution in [0.2, 0.25) is 0 Å². The number of carbonyl (C=O) groups is 1. The van der Waals surface area contributed by atoms with Gasteiger partial charge in [0.15, 0.2) is 0 Å². The Kier molecular flexibility index (Phi) is 3.41. The number of aromatic amines is 1. The highest BCUT2D eigenvalue weighted by atomic mass is 19.1. The summed E-state index contributed by atoms with van der Waals surface area (Å²) < 4.78 is 12.8. The number of rotatable bonds is 2. The Morgan fingerprint density at radius 1 is 1.13 bits per heavy atom. The van der Waals surface area contributed by atoms with Crippen LogP contribution in [0.1, 0.15) is 10.4 Å². The second-order valence-electron chi connectivity index (χ2n) is 4.77. The third-order valence-corrected chi connectivity index (χ3v) is 3.24. The van der Waals surface area contributed by atoms with E-state index in [-0.39, 0.29) is 21.2 Å². The highest BCUT2D eigenvalue weighted by molar-refractivity contribution is 6.04. The van der Waals surface area contributed by atoms with E-state index in [1.165, 1.54) is 30.3 Å². The van der Waals surface area contributed by atoms with Gasteiger partial charge in [0.2, 0.25) is 0 Å². The van der Waals surface area contributed by atoms with E-state index in [0.29, 0.717) is 5.69 Å². The molecule has 0 aliphatic heterocycles. The average molecular weight is 315 g/mol. The molecular weight excluding hydrogens is 305 g/mol. The van der Waals surface area contributed by atoms with Crippen LogP contribution in [0.4, 0.5) is 10.1 Å². The summed E-state index contributed by atoms with van der Waals surface area (Å²) in [5.41, 5.74) is -1.09. The number of amides is 1. The molecule has 2 aromatic carbocycles. The van der Waals surface area contributed by atoms with Gasteiger partial charge < -0.3 is 15.5 Å². The standard InChI is InChI=1S/C15H10FN3O4/c16-9-3-1-8(2-4-9)13(20)17-10-5-6-11-12(7-10)18-15(22)19(23)14(11)21/h1-7,23H,(H,17,20)(H,18,22). The first-order valence-corrected chi connectivity index (χ1v) is 6.51. The number of hydrogen-bond acceptors (Lipinski definition) is 4. The fourth-order valence-electron chi connectivity index (χ4n) is 2.09. The Morgan fingerprint density at radius 3 is 2.52 bits per heavy atom. The highest BCUT2D eigenvalue weighted by Crippen LogP contribution is 2.15. The number of benzene rings is 2. The summed E-state index contributed by atoms with van der Waals surface area (Å²) in [5.74, 6) is -0.924. The second kappa shape index (κ2) is 5.41. The summed E-state index contributed by atoms with van der Waals surface area (Å²) >= 11 is 0. The number of anilines is 1. The van der Waals surface area contributed by atoms with E-state index in [0.717, 1.165) is 12.1 Å². The molecule has 3 aromatic rings. The van der Waals surface area contributed by atoms with E-state index < -0.39 is 23.0 Å². The molecule has 0 bridgehead atoms. The van der Waals surface area contributed by atoms with Crippen LogP contribution >= 0.6 is 0 Å².